The normalized spacial score (nSPS) is 0. The van der Waals surface area contributed by atoms with Crippen LogP contribution in [0.3, 0.4) is 0 Å². The topological polar surface area (TPSA) is 0 Å². The molecule has 0 heterocycles. The fourth-order valence-corrected chi connectivity index (χ4v) is 0. The monoisotopic (exact) mass is 218 g/mol. The van der Waals surface area contributed by atoms with Crippen LogP contribution >= 0.6 is 0 Å². The van der Waals surface area contributed by atoms with Crippen LogP contribution in [0.1, 0.15) is 0 Å². The van der Waals surface area contributed by atoms with Crippen molar-refractivity contribution < 1.29 is 41.7 Å². The van der Waals surface area contributed by atoms with E-state index in [4.69, 9.17) is 0 Å². The molecule has 0 unspecified atom stereocenters. The quantitative estimate of drug-likeness (QED) is 0.333. The van der Waals surface area contributed by atoms with Gasteiger partial charge in [0.25, 0.3) is 0 Å². The molecule has 0 aromatic heterocycles. The van der Waals surface area contributed by atoms with Crippen LogP contribution in [0, 0.1) is 64.0 Å². The van der Waals surface area contributed by atoms with Crippen molar-refractivity contribution in [3.63, 3.8) is 0 Å². The summed E-state index contributed by atoms with van der Waals surface area (Å²) < 4.78 is 0. The molecular weight excluding hydrogens is 208 g/mol. The maximum atomic E-state index is 0. The van der Waals surface area contributed by atoms with Crippen molar-refractivity contribution in [2.24, 2.45) is 0 Å². The van der Waals surface area contributed by atoms with Gasteiger partial charge in [0.2, 0.25) is 0 Å². The van der Waals surface area contributed by atoms with Gasteiger partial charge in [0.1, 0.15) is 0 Å². The Morgan fingerprint density at radius 3 is 0.600 bits per heavy atom. The molecule has 0 aliphatic carbocycles. The van der Waals surface area contributed by atoms with Crippen LogP contribution in [-0.4, -0.2) is 0 Å². The van der Waals surface area contributed by atoms with Gasteiger partial charge in [-0.25, -0.2) is 0 Å². The zero-order valence-corrected chi connectivity index (χ0v) is 7.98. The fourth-order valence-electron chi connectivity index (χ4n) is 0. The van der Waals surface area contributed by atoms with E-state index < -0.39 is 0 Å². The van der Waals surface area contributed by atoms with E-state index in [1.54, 1.807) is 0 Å². The third kappa shape index (κ3) is 26.7. The summed E-state index contributed by atoms with van der Waals surface area (Å²) in [7, 11) is 0. The van der Waals surface area contributed by atoms with Crippen molar-refractivity contribution in [2.45, 2.75) is 0 Å². The summed E-state index contributed by atoms with van der Waals surface area (Å²) in [6, 6.07) is 0. The number of hydrogen-bond donors (Lipinski definition) is 0. The molecule has 0 fully saturated rings. The largest absolute Gasteiger partial charge is 4.00 e. The number of hydrogen-bond acceptors (Lipinski definition) is 1. The third-order valence-corrected chi connectivity index (χ3v) is 0. The summed E-state index contributed by atoms with van der Waals surface area (Å²) in [6.45, 7) is 0. The Bertz CT molecular complexity index is 6.85. The summed E-state index contributed by atoms with van der Waals surface area (Å²) >= 11 is 0. The standard InChI is InChI=1S/3CH3.Ce.H2S/h3*1H3;;1H2/q3*-1;+4;/p-1. The fraction of sp³-hybridized carbons (Fsp3) is 0. The van der Waals surface area contributed by atoms with Gasteiger partial charge in [-0.15, -0.1) is 0 Å². The molecule has 0 rings (SSSR count). The predicted molar refractivity (Wildman–Crippen MR) is 28.0 cm³/mol. The Balaban J connectivity index is 0. The first-order valence-electron chi connectivity index (χ1n) is 0. The van der Waals surface area contributed by atoms with E-state index in [1.807, 2.05) is 0 Å². The van der Waals surface area contributed by atoms with Crippen LogP contribution in [0.15, 0.2) is 0 Å². The number of rotatable bonds is 0. The first-order chi connectivity index (χ1) is 0. The van der Waals surface area contributed by atoms with Crippen molar-refractivity contribution in [1.29, 1.82) is 0 Å². The molecule has 0 spiro atoms. The van der Waals surface area contributed by atoms with E-state index in [0.717, 1.165) is 0 Å². The molecular formula is C3H10CeS. The van der Waals surface area contributed by atoms with Gasteiger partial charge in [-0.2, -0.15) is 0 Å². The Kier molecular flexibility index (Phi) is 635. The molecule has 0 atom stereocenters. The van der Waals surface area contributed by atoms with Crippen LogP contribution in [0.5, 0.6) is 0 Å². The average Bonchev–Trinajstić information content (AvgIpc) is 0. The molecule has 0 saturated heterocycles. The molecule has 0 aliphatic rings. The summed E-state index contributed by atoms with van der Waals surface area (Å²) in [4.78, 5) is 0. The van der Waals surface area contributed by atoms with E-state index in [-0.39, 0.29) is 77.5 Å². The molecule has 5 heavy (non-hydrogen) atoms. The second kappa shape index (κ2) is 42.9. The summed E-state index contributed by atoms with van der Waals surface area (Å²) in [5.41, 5.74) is 0. The Hall–Kier alpha value is 1.73. The zero-order chi connectivity index (χ0) is 0. The van der Waals surface area contributed by atoms with Crippen molar-refractivity contribution in [1.82, 2.24) is 0 Å². The first kappa shape index (κ1) is 74.0. The third-order valence-electron chi connectivity index (χ3n) is 0. The minimum Gasteiger partial charge on any atom is -0.813 e. The van der Waals surface area contributed by atoms with Crippen molar-refractivity contribution >= 4 is 13.5 Å². The maximum absolute atomic E-state index is 0. The van der Waals surface area contributed by atoms with E-state index in [0.29, 0.717) is 0 Å². The summed E-state index contributed by atoms with van der Waals surface area (Å²) in [5, 5.41) is 0. The van der Waals surface area contributed by atoms with Gasteiger partial charge >= 0.3 is 41.7 Å². The summed E-state index contributed by atoms with van der Waals surface area (Å²) in [6.07, 6.45) is 0. The molecule has 0 aliphatic heterocycles. The second-order valence-electron chi connectivity index (χ2n) is 0. The Labute approximate surface area is 76.6 Å². The smallest absolute Gasteiger partial charge is 0.813 e. The van der Waals surface area contributed by atoms with Gasteiger partial charge in [-0.3, -0.25) is 0 Å². The Morgan fingerprint density at radius 2 is 0.600 bits per heavy atom. The van der Waals surface area contributed by atoms with E-state index in [9.17, 15) is 0 Å². The maximum Gasteiger partial charge on any atom is 4.00 e. The van der Waals surface area contributed by atoms with Crippen molar-refractivity contribution in [3.8, 4) is 0 Å². The SMILES string of the molecule is [CH3-].[CH3-].[CH3-].[Ce+4].[SH-]. The van der Waals surface area contributed by atoms with E-state index in [2.05, 4.69) is 0 Å². The molecule has 2 heteroatoms. The van der Waals surface area contributed by atoms with Gasteiger partial charge in [0, 0.05) is 0 Å². The van der Waals surface area contributed by atoms with Gasteiger partial charge in [0.05, 0.1) is 0 Å². The van der Waals surface area contributed by atoms with Crippen LogP contribution in [0.2, 0.25) is 0 Å². The van der Waals surface area contributed by atoms with Gasteiger partial charge < -0.3 is 35.8 Å². The van der Waals surface area contributed by atoms with Gasteiger partial charge in [-0.05, 0) is 0 Å². The van der Waals surface area contributed by atoms with Gasteiger partial charge in [0.15, 0.2) is 0 Å². The predicted octanol–water partition coefficient (Wildman–Crippen LogP) is 1.08. The molecule has 0 bridgehead atoms. The minimum absolute atomic E-state index is 0. The number of thiol groups is 1. The van der Waals surface area contributed by atoms with Crippen LogP contribution in [-0.2, 0) is 13.5 Å². The first-order valence-corrected chi connectivity index (χ1v) is 0. The average molecular weight is 218 g/mol. The Morgan fingerprint density at radius 1 is 0.600 bits per heavy atom. The second-order valence-corrected chi connectivity index (χ2v) is 0. The van der Waals surface area contributed by atoms with Crippen molar-refractivity contribution in [2.75, 3.05) is 0 Å². The molecule has 0 aromatic carbocycles. The van der Waals surface area contributed by atoms with Crippen LogP contribution in [0.25, 0.3) is 0 Å². The minimum atomic E-state index is 0. The van der Waals surface area contributed by atoms with Crippen LogP contribution in [0.4, 0.5) is 0 Å². The molecule has 0 radical (unpaired) electrons. The van der Waals surface area contributed by atoms with E-state index >= 15 is 0 Å². The zero-order valence-electron chi connectivity index (χ0n) is 3.95. The van der Waals surface area contributed by atoms with E-state index in [1.165, 1.54) is 0 Å². The van der Waals surface area contributed by atoms with Crippen LogP contribution < -0.4 is 0 Å². The molecule has 0 amide bonds. The van der Waals surface area contributed by atoms with Crippen molar-refractivity contribution in [3.05, 3.63) is 22.3 Å². The molecule has 0 nitrogen and oxygen atoms in total. The molecule has 32 valence electrons. The molecule has 0 saturated carbocycles. The van der Waals surface area contributed by atoms with Gasteiger partial charge in [-0.1, -0.05) is 0 Å². The molecule has 0 N–H and O–H groups in total. The summed E-state index contributed by atoms with van der Waals surface area (Å²) in [5.74, 6) is 0. The molecule has 0 aromatic rings.